The molecule has 2 N–H and O–H groups in total. The van der Waals surface area contributed by atoms with Gasteiger partial charge in [-0.2, -0.15) is 0 Å². The molecule has 3 nitrogen and oxygen atoms in total. The average molecular weight is 229 g/mol. The number of rotatable bonds is 2. The molecule has 0 radical (unpaired) electrons. The van der Waals surface area contributed by atoms with Crippen LogP contribution >= 0.6 is 0 Å². The first-order valence-corrected chi connectivity index (χ1v) is 6.42. The molecule has 0 spiro atoms. The van der Waals surface area contributed by atoms with Crippen LogP contribution in [-0.4, -0.2) is 23.1 Å². The Morgan fingerprint density at radius 2 is 2.29 bits per heavy atom. The lowest BCUT2D eigenvalue weighted by molar-refractivity contribution is 0.430. The summed E-state index contributed by atoms with van der Waals surface area (Å²) in [7, 11) is 0. The minimum absolute atomic E-state index is 0.214. The van der Waals surface area contributed by atoms with Crippen molar-refractivity contribution in [3.63, 3.8) is 0 Å². The first kappa shape index (κ1) is 10.8. The fourth-order valence-electron chi connectivity index (χ4n) is 2.84. The molecule has 90 valence electrons. The van der Waals surface area contributed by atoms with Crippen molar-refractivity contribution in [2.45, 2.75) is 32.1 Å². The van der Waals surface area contributed by atoms with E-state index in [9.17, 15) is 0 Å². The maximum atomic E-state index is 4.84. The number of benzene rings is 1. The highest BCUT2D eigenvalue weighted by atomic mass is 15.0. The van der Waals surface area contributed by atoms with Crippen LogP contribution in [0.3, 0.4) is 0 Å². The van der Waals surface area contributed by atoms with E-state index in [1.54, 1.807) is 0 Å². The molecule has 1 aliphatic rings. The first-order valence-electron chi connectivity index (χ1n) is 6.42. The molecule has 3 heteroatoms. The SMILES string of the molecule is CCC1(c2nc3c(C)cccc3[nH]2)CCNC1. The van der Waals surface area contributed by atoms with E-state index in [1.165, 1.54) is 17.5 Å². The van der Waals surface area contributed by atoms with Crippen molar-refractivity contribution in [2.24, 2.45) is 0 Å². The van der Waals surface area contributed by atoms with Crippen LogP contribution < -0.4 is 5.32 Å². The third-order valence-corrected chi connectivity index (χ3v) is 4.14. The Hall–Kier alpha value is -1.35. The van der Waals surface area contributed by atoms with Gasteiger partial charge in [-0.05, 0) is 37.9 Å². The van der Waals surface area contributed by atoms with Crippen molar-refractivity contribution < 1.29 is 0 Å². The molecular weight excluding hydrogens is 210 g/mol. The molecule has 0 aliphatic carbocycles. The zero-order chi connectivity index (χ0) is 11.9. The van der Waals surface area contributed by atoms with Crippen LogP contribution in [0.5, 0.6) is 0 Å². The van der Waals surface area contributed by atoms with Gasteiger partial charge in [0.2, 0.25) is 0 Å². The minimum atomic E-state index is 0.214. The van der Waals surface area contributed by atoms with Crippen LogP contribution in [0, 0.1) is 6.92 Å². The summed E-state index contributed by atoms with van der Waals surface area (Å²) in [5.41, 5.74) is 3.76. The zero-order valence-corrected chi connectivity index (χ0v) is 10.5. The fourth-order valence-corrected chi connectivity index (χ4v) is 2.84. The smallest absolute Gasteiger partial charge is 0.114 e. The molecule has 1 fully saturated rings. The third kappa shape index (κ3) is 1.57. The highest BCUT2D eigenvalue weighted by Crippen LogP contribution is 2.33. The van der Waals surface area contributed by atoms with Gasteiger partial charge >= 0.3 is 0 Å². The monoisotopic (exact) mass is 229 g/mol. The van der Waals surface area contributed by atoms with Gasteiger partial charge in [0, 0.05) is 12.0 Å². The molecule has 1 unspecified atom stereocenters. The van der Waals surface area contributed by atoms with E-state index in [2.05, 4.69) is 42.3 Å². The van der Waals surface area contributed by atoms with E-state index < -0.39 is 0 Å². The standard InChI is InChI=1S/C14H19N3/c1-3-14(7-8-15-9-14)13-16-11-6-4-5-10(2)12(11)17-13/h4-6,15H,3,7-9H2,1-2H3,(H,16,17). The molecule has 17 heavy (non-hydrogen) atoms. The van der Waals surface area contributed by atoms with E-state index in [-0.39, 0.29) is 5.41 Å². The van der Waals surface area contributed by atoms with Crippen molar-refractivity contribution in [2.75, 3.05) is 13.1 Å². The summed E-state index contributed by atoms with van der Waals surface area (Å²) < 4.78 is 0. The number of aromatic amines is 1. The lowest BCUT2D eigenvalue weighted by Gasteiger charge is -2.23. The van der Waals surface area contributed by atoms with Gasteiger partial charge < -0.3 is 10.3 Å². The maximum absolute atomic E-state index is 4.84. The molecule has 0 bridgehead atoms. The van der Waals surface area contributed by atoms with E-state index in [4.69, 9.17) is 4.98 Å². The van der Waals surface area contributed by atoms with Gasteiger partial charge in [0.05, 0.1) is 11.0 Å². The number of fused-ring (bicyclic) bond motifs is 1. The van der Waals surface area contributed by atoms with Gasteiger partial charge in [0.25, 0.3) is 0 Å². The predicted octanol–water partition coefficient (Wildman–Crippen LogP) is 2.51. The molecule has 0 amide bonds. The normalized spacial score (nSPS) is 24.6. The van der Waals surface area contributed by atoms with E-state index in [0.29, 0.717) is 0 Å². The van der Waals surface area contributed by atoms with Crippen molar-refractivity contribution in [1.82, 2.24) is 15.3 Å². The summed E-state index contributed by atoms with van der Waals surface area (Å²) in [6.07, 6.45) is 2.32. The largest absolute Gasteiger partial charge is 0.341 e. The topological polar surface area (TPSA) is 40.7 Å². The molecule has 1 aliphatic heterocycles. The molecule has 1 aromatic carbocycles. The van der Waals surface area contributed by atoms with E-state index in [0.717, 1.165) is 30.9 Å². The number of aryl methyl sites for hydroxylation is 1. The number of para-hydroxylation sites is 1. The Kier molecular flexibility index (Phi) is 2.44. The Bertz CT molecular complexity index is 535. The Morgan fingerprint density at radius 3 is 2.94 bits per heavy atom. The summed E-state index contributed by atoms with van der Waals surface area (Å²) in [5.74, 6) is 1.16. The maximum Gasteiger partial charge on any atom is 0.114 e. The highest BCUT2D eigenvalue weighted by Gasteiger charge is 2.36. The van der Waals surface area contributed by atoms with Gasteiger partial charge in [-0.1, -0.05) is 19.1 Å². The quantitative estimate of drug-likeness (QED) is 0.830. The van der Waals surface area contributed by atoms with Gasteiger partial charge in [-0.15, -0.1) is 0 Å². The van der Waals surface area contributed by atoms with Gasteiger partial charge in [0.15, 0.2) is 0 Å². The van der Waals surface area contributed by atoms with Crippen LogP contribution in [0.15, 0.2) is 18.2 Å². The Balaban J connectivity index is 2.14. The second-order valence-electron chi connectivity index (χ2n) is 5.12. The number of hydrogen-bond donors (Lipinski definition) is 2. The van der Waals surface area contributed by atoms with Gasteiger partial charge in [-0.3, -0.25) is 0 Å². The van der Waals surface area contributed by atoms with E-state index >= 15 is 0 Å². The number of hydrogen-bond acceptors (Lipinski definition) is 2. The summed E-state index contributed by atoms with van der Waals surface area (Å²) in [5, 5.41) is 3.46. The molecule has 2 heterocycles. The van der Waals surface area contributed by atoms with Gasteiger partial charge in [0.1, 0.15) is 5.82 Å². The first-order chi connectivity index (χ1) is 8.25. The van der Waals surface area contributed by atoms with Crippen LogP contribution in [0.4, 0.5) is 0 Å². The van der Waals surface area contributed by atoms with Crippen molar-refractivity contribution >= 4 is 11.0 Å². The zero-order valence-electron chi connectivity index (χ0n) is 10.5. The second-order valence-corrected chi connectivity index (χ2v) is 5.12. The summed E-state index contributed by atoms with van der Waals surface area (Å²) in [6.45, 7) is 6.53. The third-order valence-electron chi connectivity index (χ3n) is 4.14. The Morgan fingerprint density at radius 1 is 1.41 bits per heavy atom. The van der Waals surface area contributed by atoms with Crippen LogP contribution in [0.1, 0.15) is 31.2 Å². The van der Waals surface area contributed by atoms with Crippen molar-refractivity contribution in [3.8, 4) is 0 Å². The number of imidazole rings is 1. The predicted molar refractivity (Wildman–Crippen MR) is 70.3 cm³/mol. The lowest BCUT2D eigenvalue weighted by Crippen LogP contribution is -2.29. The van der Waals surface area contributed by atoms with Crippen molar-refractivity contribution in [3.05, 3.63) is 29.6 Å². The van der Waals surface area contributed by atoms with Gasteiger partial charge in [-0.25, -0.2) is 4.98 Å². The van der Waals surface area contributed by atoms with Crippen LogP contribution in [0.25, 0.3) is 11.0 Å². The highest BCUT2D eigenvalue weighted by molar-refractivity contribution is 5.78. The summed E-state index contributed by atoms with van der Waals surface area (Å²) in [6, 6.07) is 6.33. The fraction of sp³-hybridized carbons (Fsp3) is 0.500. The van der Waals surface area contributed by atoms with Crippen LogP contribution in [0.2, 0.25) is 0 Å². The molecular formula is C14H19N3. The van der Waals surface area contributed by atoms with Crippen LogP contribution in [-0.2, 0) is 5.41 Å². The number of aromatic nitrogens is 2. The molecule has 2 aromatic rings. The molecule has 1 atom stereocenters. The minimum Gasteiger partial charge on any atom is -0.341 e. The summed E-state index contributed by atoms with van der Waals surface area (Å²) >= 11 is 0. The molecule has 0 saturated carbocycles. The number of H-pyrrole nitrogens is 1. The lowest BCUT2D eigenvalue weighted by atomic mass is 9.83. The average Bonchev–Trinajstić information content (AvgIpc) is 2.96. The molecule has 1 saturated heterocycles. The Labute approximate surface area is 102 Å². The number of nitrogens with zero attached hydrogens (tertiary/aromatic N) is 1. The van der Waals surface area contributed by atoms with Crippen molar-refractivity contribution in [1.29, 1.82) is 0 Å². The summed E-state index contributed by atoms with van der Waals surface area (Å²) in [4.78, 5) is 8.36. The molecule has 1 aromatic heterocycles. The van der Waals surface area contributed by atoms with E-state index in [1.807, 2.05) is 0 Å². The second kappa shape index (κ2) is 3.84. The number of nitrogens with one attached hydrogen (secondary N) is 2. The molecule has 3 rings (SSSR count).